The first-order valence-electron chi connectivity index (χ1n) is 13.2. The Morgan fingerprint density at radius 1 is 0.763 bits per heavy atom. The lowest BCUT2D eigenvalue weighted by atomic mass is 9.94. The molecule has 0 saturated carbocycles. The van der Waals surface area contributed by atoms with E-state index in [1.807, 2.05) is 59.5 Å². The van der Waals surface area contributed by atoms with E-state index in [1.165, 1.54) is 5.57 Å². The lowest BCUT2D eigenvalue weighted by molar-refractivity contribution is 0.0723. The number of hydrogen-bond acceptors (Lipinski definition) is 1. The first kappa shape index (κ1) is 27.7. The van der Waals surface area contributed by atoms with Crippen molar-refractivity contribution in [2.45, 2.75) is 38.6 Å². The van der Waals surface area contributed by atoms with E-state index in [-0.39, 0.29) is 11.9 Å². The van der Waals surface area contributed by atoms with Gasteiger partial charge in [-0.05, 0) is 47.7 Å². The SMILES string of the molecule is CCCCC/C(=C/c1ccccc1)CN(C(=O)c1ccc(Cl)c(Cl)c1)C(c1ccccc1)c1ccccc1. The monoisotopic (exact) mass is 541 g/mol. The average molecular weight is 543 g/mol. The minimum Gasteiger partial charge on any atom is -0.323 e. The predicted molar refractivity (Wildman–Crippen MR) is 161 cm³/mol. The number of amides is 1. The zero-order valence-corrected chi connectivity index (χ0v) is 23.2. The first-order chi connectivity index (χ1) is 18.6. The van der Waals surface area contributed by atoms with E-state index >= 15 is 0 Å². The Balaban J connectivity index is 1.83. The zero-order valence-electron chi connectivity index (χ0n) is 21.7. The molecule has 0 N–H and O–H groups in total. The Hall–Kier alpha value is -3.33. The van der Waals surface area contributed by atoms with Crippen molar-refractivity contribution in [2.75, 3.05) is 6.54 Å². The van der Waals surface area contributed by atoms with Gasteiger partial charge in [-0.2, -0.15) is 0 Å². The van der Waals surface area contributed by atoms with Gasteiger partial charge in [0, 0.05) is 12.1 Å². The van der Waals surface area contributed by atoms with E-state index in [0.717, 1.165) is 42.4 Å². The maximum absolute atomic E-state index is 14.3. The van der Waals surface area contributed by atoms with E-state index < -0.39 is 0 Å². The molecule has 0 aliphatic rings. The first-order valence-corrected chi connectivity index (χ1v) is 13.9. The molecule has 0 spiro atoms. The Morgan fingerprint density at radius 2 is 1.34 bits per heavy atom. The van der Waals surface area contributed by atoms with Crippen LogP contribution in [0.4, 0.5) is 0 Å². The summed E-state index contributed by atoms with van der Waals surface area (Å²) in [6.45, 7) is 2.70. The van der Waals surface area contributed by atoms with Crippen molar-refractivity contribution in [3.05, 3.63) is 147 Å². The fraction of sp³-hybridized carbons (Fsp3) is 0.206. The summed E-state index contributed by atoms with van der Waals surface area (Å²) in [6.07, 6.45) is 6.52. The van der Waals surface area contributed by atoms with Gasteiger partial charge >= 0.3 is 0 Å². The van der Waals surface area contributed by atoms with Crippen molar-refractivity contribution in [2.24, 2.45) is 0 Å². The Bertz CT molecular complexity index is 1300. The molecule has 0 bridgehead atoms. The molecule has 4 heteroatoms. The largest absolute Gasteiger partial charge is 0.323 e. The molecule has 4 aromatic carbocycles. The van der Waals surface area contributed by atoms with E-state index in [1.54, 1.807) is 18.2 Å². The highest BCUT2D eigenvalue weighted by Gasteiger charge is 2.28. The number of hydrogen-bond donors (Lipinski definition) is 0. The number of carbonyl (C=O) groups is 1. The van der Waals surface area contributed by atoms with Gasteiger partial charge in [0.1, 0.15) is 0 Å². The van der Waals surface area contributed by atoms with E-state index in [0.29, 0.717) is 22.2 Å². The van der Waals surface area contributed by atoms with Crippen molar-refractivity contribution in [3.63, 3.8) is 0 Å². The van der Waals surface area contributed by atoms with Crippen molar-refractivity contribution >= 4 is 35.2 Å². The highest BCUT2D eigenvalue weighted by Crippen LogP contribution is 2.33. The molecule has 194 valence electrons. The second kappa shape index (κ2) is 14.0. The van der Waals surface area contributed by atoms with Gasteiger partial charge in [-0.25, -0.2) is 0 Å². The lowest BCUT2D eigenvalue weighted by Gasteiger charge is -2.34. The van der Waals surface area contributed by atoms with E-state index in [4.69, 9.17) is 23.2 Å². The topological polar surface area (TPSA) is 20.3 Å². The highest BCUT2D eigenvalue weighted by atomic mass is 35.5. The molecule has 4 rings (SSSR count). The number of carbonyl (C=O) groups excluding carboxylic acids is 1. The lowest BCUT2D eigenvalue weighted by Crippen LogP contribution is -2.37. The minimum atomic E-state index is -0.273. The van der Waals surface area contributed by atoms with Crippen LogP contribution < -0.4 is 0 Å². The van der Waals surface area contributed by atoms with Crippen LogP contribution in [0.3, 0.4) is 0 Å². The van der Waals surface area contributed by atoms with Gasteiger partial charge < -0.3 is 4.90 Å². The van der Waals surface area contributed by atoms with Gasteiger partial charge in [0.2, 0.25) is 0 Å². The average Bonchev–Trinajstić information content (AvgIpc) is 2.95. The third kappa shape index (κ3) is 7.37. The van der Waals surface area contributed by atoms with Gasteiger partial charge in [0.25, 0.3) is 5.91 Å². The third-order valence-electron chi connectivity index (χ3n) is 6.61. The van der Waals surface area contributed by atoms with Crippen LogP contribution in [0.5, 0.6) is 0 Å². The van der Waals surface area contributed by atoms with Crippen LogP contribution >= 0.6 is 23.2 Å². The van der Waals surface area contributed by atoms with Crippen LogP contribution in [0, 0.1) is 0 Å². The molecule has 0 aliphatic heterocycles. The van der Waals surface area contributed by atoms with Crippen molar-refractivity contribution in [3.8, 4) is 0 Å². The van der Waals surface area contributed by atoms with Crippen LogP contribution in [-0.2, 0) is 0 Å². The number of halogens is 2. The van der Waals surface area contributed by atoms with E-state index in [9.17, 15) is 4.79 Å². The molecular formula is C34H33Cl2NO. The standard InChI is InChI=1S/C34H33Cl2NO/c1-2-3-7-16-27(23-26-14-8-4-9-15-26)25-37(34(38)30-21-22-31(35)32(36)24-30)33(28-17-10-5-11-18-28)29-19-12-6-13-20-29/h4-6,8-15,17-24,33H,2-3,7,16,25H2,1H3/b27-23-. The molecule has 1 amide bonds. The van der Waals surface area contributed by atoms with Crippen LogP contribution in [0.2, 0.25) is 10.0 Å². The molecule has 4 aromatic rings. The molecular weight excluding hydrogens is 509 g/mol. The quantitative estimate of drug-likeness (QED) is 0.173. The normalized spacial score (nSPS) is 11.5. The summed E-state index contributed by atoms with van der Waals surface area (Å²) in [5.74, 6) is -0.0873. The van der Waals surface area contributed by atoms with Gasteiger partial charge in [-0.3, -0.25) is 4.79 Å². The van der Waals surface area contributed by atoms with Gasteiger partial charge in [-0.1, -0.05) is 146 Å². The van der Waals surface area contributed by atoms with Crippen molar-refractivity contribution in [1.82, 2.24) is 4.90 Å². The van der Waals surface area contributed by atoms with Gasteiger partial charge in [0.15, 0.2) is 0 Å². The Morgan fingerprint density at radius 3 is 1.89 bits per heavy atom. The summed E-state index contributed by atoms with van der Waals surface area (Å²) in [7, 11) is 0. The van der Waals surface area contributed by atoms with Crippen molar-refractivity contribution < 1.29 is 4.79 Å². The van der Waals surface area contributed by atoms with Crippen molar-refractivity contribution in [1.29, 1.82) is 0 Å². The maximum atomic E-state index is 14.3. The number of benzene rings is 4. The van der Waals surface area contributed by atoms with Gasteiger partial charge in [-0.15, -0.1) is 0 Å². The second-order valence-electron chi connectivity index (χ2n) is 9.46. The number of rotatable bonds is 11. The maximum Gasteiger partial charge on any atom is 0.254 e. The molecule has 0 fully saturated rings. The summed E-state index contributed by atoms with van der Waals surface area (Å²) in [5, 5.41) is 0.804. The van der Waals surface area contributed by atoms with Crippen LogP contribution in [0.1, 0.15) is 65.7 Å². The zero-order chi connectivity index (χ0) is 26.7. The van der Waals surface area contributed by atoms with Gasteiger partial charge in [0.05, 0.1) is 16.1 Å². The third-order valence-corrected chi connectivity index (χ3v) is 7.35. The molecule has 0 heterocycles. The van der Waals surface area contributed by atoms with Crippen LogP contribution in [-0.4, -0.2) is 17.4 Å². The molecule has 0 aliphatic carbocycles. The van der Waals surface area contributed by atoms with E-state index in [2.05, 4.69) is 49.4 Å². The number of nitrogens with zero attached hydrogens (tertiary/aromatic N) is 1. The minimum absolute atomic E-state index is 0.0873. The Labute approximate surface area is 236 Å². The molecule has 0 unspecified atom stereocenters. The summed E-state index contributed by atoms with van der Waals surface area (Å²) in [6, 6.07) is 35.6. The second-order valence-corrected chi connectivity index (χ2v) is 10.3. The molecule has 38 heavy (non-hydrogen) atoms. The predicted octanol–water partition coefficient (Wildman–Crippen LogP) is 9.89. The van der Waals surface area contributed by atoms with Crippen LogP contribution in [0.25, 0.3) is 6.08 Å². The summed E-state index contributed by atoms with van der Waals surface area (Å²) >= 11 is 12.6. The molecule has 0 radical (unpaired) electrons. The highest BCUT2D eigenvalue weighted by molar-refractivity contribution is 6.42. The fourth-order valence-electron chi connectivity index (χ4n) is 4.70. The summed E-state index contributed by atoms with van der Waals surface area (Å²) in [4.78, 5) is 16.3. The summed E-state index contributed by atoms with van der Waals surface area (Å²) < 4.78 is 0. The summed E-state index contributed by atoms with van der Waals surface area (Å²) in [5.41, 5.74) is 4.98. The molecule has 0 atom stereocenters. The molecule has 2 nitrogen and oxygen atoms in total. The number of unbranched alkanes of at least 4 members (excludes halogenated alkanes) is 2. The fourth-order valence-corrected chi connectivity index (χ4v) is 5.00. The smallest absolute Gasteiger partial charge is 0.254 e. The molecule has 0 aromatic heterocycles. The van der Waals surface area contributed by atoms with Crippen LogP contribution in [0.15, 0.2) is 115 Å². The molecule has 0 saturated heterocycles. The Kier molecular flexibility index (Phi) is 10.2.